The Hall–Kier alpha value is -2.48. The van der Waals surface area contributed by atoms with E-state index in [1.54, 1.807) is 0 Å². The number of carbonyl (C=O) groups excluding carboxylic acids is 1. The highest BCUT2D eigenvalue weighted by atomic mass is 32.2. The van der Waals surface area contributed by atoms with Gasteiger partial charge in [-0.05, 0) is 24.3 Å². The van der Waals surface area contributed by atoms with Gasteiger partial charge in [-0.3, -0.25) is 10.1 Å². The van der Waals surface area contributed by atoms with Gasteiger partial charge >= 0.3 is 5.97 Å². The minimum Gasteiger partial charge on any atom is -0.465 e. The molecule has 0 aliphatic carbocycles. The Balaban J connectivity index is 2.42. The van der Waals surface area contributed by atoms with Crippen molar-refractivity contribution in [1.82, 2.24) is 0 Å². The lowest BCUT2D eigenvalue weighted by Crippen LogP contribution is -2.04. The fourth-order valence-corrected chi connectivity index (χ4v) is 2.60. The molecular weight excluding hydrogens is 316 g/mol. The monoisotopic (exact) mass is 325 g/mol. The number of benzene rings is 2. The number of carbonyl (C=O) groups is 1. The summed E-state index contributed by atoms with van der Waals surface area (Å²) < 4.78 is 30.7. The molecule has 0 aliphatic rings. The van der Waals surface area contributed by atoms with Crippen molar-refractivity contribution in [3.8, 4) is 0 Å². The number of halogens is 2. The predicted molar refractivity (Wildman–Crippen MR) is 74.9 cm³/mol. The number of rotatable bonds is 4. The van der Waals surface area contributed by atoms with E-state index in [4.69, 9.17) is 0 Å². The molecule has 22 heavy (non-hydrogen) atoms. The molecule has 2 aromatic rings. The van der Waals surface area contributed by atoms with Gasteiger partial charge < -0.3 is 4.74 Å². The summed E-state index contributed by atoms with van der Waals surface area (Å²) in [5.41, 5.74) is -0.290. The van der Waals surface area contributed by atoms with Gasteiger partial charge in [-0.1, -0.05) is 11.8 Å². The third-order valence-corrected chi connectivity index (χ3v) is 3.76. The number of methoxy groups -OCH3 is 1. The average molecular weight is 325 g/mol. The fourth-order valence-electron chi connectivity index (χ4n) is 1.66. The van der Waals surface area contributed by atoms with E-state index in [1.165, 1.54) is 18.2 Å². The highest BCUT2D eigenvalue weighted by Crippen LogP contribution is 2.33. The summed E-state index contributed by atoms with van der Waals surface area (Å²) in [7, 11) is 1.15. The number of nitrogens with zero attached hydrogens (tertiary/aromatic N) is 1. The maximum atomic E-state index is 13.2. The molecule has 0 N–H and O–H groups in total. The number of nitro benzene ring substituents is 1. The lowest BCUT2D eigenvalue weighted by Gasteiger charge is -2.08. The first-order valence-corrected chi connectivity index (χ1v) is 6.73. The van der Waals surface area contributed by atoms with Crippen molar-refractivity contribution in [1.29, 1.82) is 0 Å². The second kappa shape index (κ2) is 6.52. The molecule has 0 saturated carbocycles. The van der Waals surface area contributed by atoms with Crippen molar-refractivity contribution in [3.63, 3.8) is 0 Å². The molecule has 0 heterocycles. The maximum Gasteiger partial charge on any atom is 0.339 e. The second-order valence-corrected chi connectivity index (χ2v) is 5.22. The second-order valence-electron chi connectivity index (χ2n) is 4.11. The first-order chi connectivity index (χ1) is 10.4. The van der Waals surface area contributed by atoms with E-state index in [-0.39, 0.29) is 11.3 Å². The lowest BCUT2D eigenvalue weighted by atomic mass is 10.2. The summed E-state index contributed by atoms with van der Waals surface area (Å²) in [6.45, 7) is 0. The van der Waals surface area contributed by atoms with E-state index >= 15 is 0 Å². The number of esters is 1. The standard InChI is InChI=1S/C14H9F2NO4S/c1-21-14(18)10-6-8(17(19)20)2-5-13(10)22-9-3-4-11(15)12(16)7-9/h2-7H,1H3. The van der Waals surface area contributed by atoms with Crippen molar-refractivity contribution < 1.29 is 23.2 Å². The third-order valence-electron chi connectivity index (χ3n) is 2.70. The van der Waals surface area contributed by atoms with Crippen molar-refractivity contribution in [2.75, 3.05) is 7.11 Å². The number of ether oxygens (including phenoxy) is 1. The highest BCUT2D eigenvalue weighted by molar-refractivity contribution is 7.99. The zero-order valence-electron chi connectivity index (χ0n) is 11.2. The third kappa shape index (κ3) is 3.40. The van der Waals surface area contributed by atoms with Gasteiger partial charge in [-0.2, -0.15) is 0 Å². The van der Waals surface area contributed by atoms with Crippen LogP contribution in [0.15, 0.2) is 46.2 Å². The summed E-state index contributed by atoms with van der Waals surface area (Å²) in [6.07, 6.45) is 0. The molecule has 8 heteroatoms. The topological polar surface area (TPSA) is 69.4 Å². The van der Waals surface area contributed by atoms with E-state index in [0.717, 1.165) is 37.1 Å². The molecule has 114 valence electrons. The largest absolute Gasteiger partial charge is 0.465 e. The quantitative estimate of drug-likeness (QED) is 0.486. The van der Waals surface area contributed by atoms with Gasteiger partial charge in [-0.25, -0.2) is 13.6 Å². The van der Waals surface area contributed by atoms with Crippen LogP contribution in [0.3, 0.4) is 0 Å². The van der Waals surface area contributed by atoms with Crippen LogP contribution in [0, 0.1) is 21.7 Å². The van der Waals surface area contributed by atoms with Crippen molar-refractivity contribution in [2.45, 2.75) is 9.79 Å². The van der Waals surface area contributed by atoms with E-state index in [0.29, 0.717) is 9.79 Å². The fraction of sp³-hybridized carbons (Fsp3) is 0.0714. The molecule has 0 atom stereocenters. The number of non-ortho nitro benzene ring substituents is 1. The van der Waals surface area contributed by atoms with Gasteiger partial charge in [0.15, 0.2) is 11.6 Å². The predicted octanol–water partition coefficient (Wildman–Crippen LogP) is 3.81. The van der Waals surface area contributed by atoms with E-state index in [1.807, 2.05) is 0 Å². The van der Waals surface area contributed by atoms with Gasteiger partial charge in [0.2, 0.25) is 0 Å². The van der Waals surface area contributed by atoms with E-state index in [9.17, 15) is 23.7 Å². The molecular formula is C14H9F2NO4S. The Morgan fingerprint density at radius 2 is 1.91 bits per heavy atom. The maximum absolute atomic E-state index is 13.2. The molecule has 0 unspecified atom stereocenters. The Bertz CT molecular complexity index is 752. The van der Waals surface area contributed by atoms with Crippen LogP contribution in [-0.2, 0) is 4.74 Å². The van der Waals surface area contributed by atoms with Gasteiger partial charge in [-0.15, -0.1) is 0 Å². The number of nitro groups is 1. The van der Waals surface area contributed by atoms with Crippen LogP contribution in [0.1, 0.15) is 10.4 Å². The van der Waals surface area contributed by atoms with Gasteiger partial charge in [0.05, 0.1) is 17.6 Å². The molecule has 0 amide bonds. The molecule has 0 radical (unpaired) electrons. The lowest BCUT2D eigenvalue weighted by molar-refractivity contribution is -0.384. The van der Waals surface area contributed by atoms with Crippen LogP contribution >= 0.6 is 11.8 Å². The Morgan fingerprint density at radius 3 is 2.50 bits per heavy atom. The van der Waals surface area contributed by atoms with Crippen molar-refractivity contribution >= 4 is 23.4 Å². The Labute approximate surface area is 128 Å². The van der Waals surface area contributed by atoms with Gasteiger partial charge in [0, 0.05) is 21.9 Å². The Kier molecular flexibility index (Phi) is 4.71. The average Bonchev–Trinajstić information content (AvgIpc) is 2.50. The molecule has 0 aliphatic heterocycles. The van der Waals surface area contributed by atoms with Gasteiger partial charge in [0.1, 0.15) is 0 Å². The molecule has 2 aromatic carbocycles. The molecule has 0 fully saturated rings. The van der Waals surface area contributed by atoms with E-state index in [2.05, 4.69) is 4.74 Å². The molecule has 2 rings (SSSR count). The molecule has 0 bridgehead atoms. The molecule has 0 spiro atoms. The molecule has 0 saturated heterocycles. The van der Waals surface area contributed by atoms with Crippen molar-refractivity contribution in [2.24, 2.45) is 0 Å². The summed E-state index contributed by atoms with van der Waals surface area (Å²) in [5, 5.41) is 10.8. The van der Waals surface area contributed by atoms with Crippen LogP contribution in [0.2, 0.25) is 0 Å². The first kappa shape index (κ1) is 15.9. The minimum atomic E-state index is -1.02. The van der Waals surface area contributed by atoms with Crippen LogP contribution < -0.4 is 0 Å². The SMILES string of the molecule is COC(=O)c1cc([N+](=O)[O-])ccc1Sc1ccc(F)c(F)c1. The van der Waals surface area contributed by atoms with Crippen LogP contribution in [0.25, 0.3) is 0 Å². The number of hydrogen-bond acceptors (Lipinski definition) is 5. The van der Waals surface area contributed by atoms with Crippen molar-refractivity contribution in [3.05, 3.63) is 63.7 Å². The first-order valence-electron chi connectivity index (χ1n) is 5.92. The summed E-state index contributed by atoms with van der Waals surface area (Å²) >= 11 is 0.971. The number of hydrogen-bond donors (Lipinski definition) is 0. The molecule has 5 nitrogen and oxygen atoms in total. The van der Waals surface area contributed by atoms with Crippen LogP contribution in [-0.4, -0.2) is 18.0 Å². The summed E-state index contributed by atoms with van der Waals surface area (Å²) in [4.78, 5) is 22.5. The van der Waals surface area contributed by atoms with E-state index < -0.39 is 22.5 Å². The zero-order valence-corrected chi connectivity index (χ0v) is 12.0. The normalized spacial score (nSPS) is 10.3. The van der Waals surface area contributed by atoms with Crippen LogP contribution in [0.5, 0.6) is 0 Å². The molecule has 0 aromatic heterocycles. The van der Waals surface area contributed by atoms with Crippen LogP contribution in [0.4, 0.5) is 14.5 Å². The zero-order chi connectivity index (χ0) is 16.3. The highest BCUT2D eigenvalue weighted by Gasteiger charge is 2.18. The summed E-state index contributed by atoms with van der Waals surface area (Å²) in [6, 6.07) is 6.92. The Morgan fingerprint density at radius 1 is 1.18 bits per heavy atom. The summed E-state index contributed by atoms with van der Waals surface area (Å²) in [5.74, 6) is -2.76. The smallest absolute Gasteiger partial charge is 0.339 e. The van der Waals surface area contributed by atoms with Gasteiger partial charge in [0.25, 0.3) is 5.69 Å². The minimum absolute atomic E-state index is 0.0218.